The van der Waals surface area contributed by atoms with Crippen LogP contribution in [0.3, 0.4) is 0 Å². The third kappa shape index (κ3) is 4.70. The molecule has 154 valence electrons. The number of rotatable bonds is 4. The molecule has 3 rings (SSSR count). The molecular formula is C19H30N6O3. The fourth-order valence-electron chi connectivity index (χ4n) is 3.76. The van der Waals surface area contributed by atoms with Crippen LogP contribution >= 0.6 is 0 Å². The Bertz CT molecular complexity index is 738. The summed E-state index contributed by atoms with van der Waals surface area (Å²) in [4.78, 5) is 38.7. The van der Waals surface area contributed by atoms with E-state index in [1.54, 1.807) is 17.9 Å². The summed E-state index contributed by atoms with van der Waals surface area (Å²) < 4.78 is 1.53. The van der Waals surface area contributed by atoms with Gasteiger partial charge in [-0.2, -0.15) is 5.10 Å². The summed E-state index contributed by atoms with van der Waals surface area (Å²) in [7, 11) is 0. The number of carbonyl (C=O) groups is 3. The molecule has 0 aliphatic carbocycles. The Balaban J connectivity index is 1.70. The third-order valence-electron chi connectivity index (χ3n) is 5.37. The summed E-state index contributed by atoms with van der Waals surface area (Å²) in [6, 6.07) is 1.74. The Morgan fingerprint density at radius 3 is 2.71 bits per heavy atom. The van der Waals surface area contributed by atoms with Crippen LogP contribution in [0.25, 0.3) is 0 Å². The Hall–Kier alpha value is -2.42. The number of nitrogens with one attached hydrogen (secondary N) is 3. The van der Waals surface area contributed by atoms with E-state index >= 15 is 0 Å². The van der Waals surface area contributed by atoms with Gasteiger partial charge in [0.2, 0.25) is 5.91 Å². The molecule has 2 aliphatic rings. The molecule has 9 heteroatoms. The normalized spacial score (nSPS) is 23.4. The maximum Gasteiger partial charge on any atom is 0.315 e. The highest BCUT2D eigenvalue weighted by atomic mass is 16.2. The van der Waals surface area contributed by atoms with Crippen LogP contribution in [0.2, 0.25) is 0 Å². The van der Waals surface area contributed by atoms with Gasteiger partial charge in [-0.1, -0.05) is 20.3 Å². The number of hydrogen-bond acceptors (Lipinski definition) is 5. The van der Waals surface area contributed by atoms with Gasteiger partial charge >= 0.3 is 11.8 Å². The monoisotopic (exact) mass is 390 g/mol. The summed E-state index contributed by atoms with van der Waals surface area (Å²) in [5.41, 5.74) is 0.684. The van der Waals surface area contributed by atoms with Crippen molar-refractivity contribution in [2.24, 2.45) is 5.92 Å². The zero-order valence-corrected chi connectivity index (χ0v) is 16.8. The average Bonchev–Trinajstić information content (AvgIpc) is 3.02. The van der Waals surface area contributed by atoms with E-state index in [1.165, 1.54) is 4.68 Å². The van der Waals surface area contributed by atoms with Gasteiger partial charge in [-0.25, -0.2) is 4.68 Å². The first-order valence-electron chi connectivity index (χ1n) is 10.1. The number of likely N-dealkylation sites (tertiary alicyclic amines) is 1. The van der Waals surface area contributed by atoms with Gasteiger partial charge in [-0.05, 0) is 32.1 Å². The van der Waals surface area contributed by atoms with Crippen LogP contribution in [0.5, 0.6) is 0 Å². The fraction of sp³-hybridized carbons (Fsp3) is 0.684. The van der Waals surface area contributed by atoms with E-state index in [2.05, 4.69) is 34.9 Å². The Morgan fingerprint density at radius 1 is 1.32 bits per heavy atom. The highest BCUT2D eigenvalue weighted by molar-refractivity contribution is 6.39. The SMILES string of the molecule is CCCC1CC(=O)NC(n2nc(C)cc2NC(=O)C(=O)N2CCC(C)CC2)N1. The van der Waals surface area contributed by atoms with Crippen molar-refractivity contribution in [3.8, 4) is 0 Å². The molecule has 1 aromatic heterocycles. The van der Waals surface area contributed by atoms with Crippen LogP contribution in [-0.2, 0) is 14.4 Å². The van der Waals surface area contributed by atoms with Crippen LogP contribution < -0.4 is 16.0 Å². The van der Waals surface area contributed by atoms with Gasteiger partial charge in [0, 0.05) is 31.6 Å². The largest absolute Gasteiger partial charge is 0.334 e. The Morgan fingerprint density at radius 2 is 2.04 bits per heavy atom. The lowest BCUT2D eigenvalue weighted by Crippen LogP contribution is -2.53. The third-order valence-corrected chi connectivity index (χ3v) is 5.37. The van der Waals surface area contributed by atoms with E-state index in [0.717, 1.165) is 25.7 Å². The molecule has 1 aromatic rings. The van der Waals surface area contributed by atoms with Gasteiger partial charge in [0.25, 0.3) is 0 Å². The molecule has 3 amide bonds. The maximum absolute atomic E-state index is 12.5. The number of nitrogens with zero attached hydrogens (tertiary/aromatic N) is 3. The van der Waals surface area contributed by atoms with Gasteiger partial charge in [0.1, 0.15) is 5.82 Å². The Kier molecular flexibility index (Phi) is 6.33. The number of hydrogen-bond donors (Lipinski definition) is 3. The van der Waals surface area contributed by atoms with Crippen LogP contribution in [0.1, 0.15) is 57.9 Å². The minimum Gasteiger partial charge on any atom is -0.334 e. The number of aromatic nitrogens is 2. The standard InChI is InChI=1S/C19H30N6O3/c1-4-5-14-11-16(26)22-19(20-14)25-15(10-13(3)23-25)21-17(27)18(28)24-8-6-12(2)7-9-24/h10,12,14,19-20H,4-9,11H2,1-3H3,(H,21,27)(H,22,26). The Labute approximate surface area is 165 Å². The quantitative estimate of drug-likeness (QED) is 0.668. The smallest absolute Gasteiger partial charge is 0.315 e. The molecule has 2 saturated heterocycles. The highest BCUT2D eigenvalue weighted by Crippen LogP contribution is 2.20. The highest BCUT2D eigenvalue weighted by Gasteiger charge is 2.30. The van der Waals surface area contributed by atoms with Crippen molar-refractivity contribution in [3.63, 3.8) is 0 Å². The molecule has 0 spiro atoms. The first-order valence-corrected chi connectivity index (χ1v) is 10.1. The fourth-order valence-corrected chi connectivity index (χ4v) is 3.76. The lowest BCUT2D eigenvalue weighted by molar-refractivity contribution is -0.144. The van der Waals surface area contributed by atoms with Crippen molar-refractivity contribution in [1.29, 1.82) is 0 Å². The molecule has 3 heterocycles. The molecule has 2 fully saturated rings. The van der Waals surface area contributed by atoms with Crippen LogP contribution in [-0.4, -0.2) is 51.5 Å². The molecule has 3 N–H and O–H groups in total. The second kappa shape index (κ2) is 8.72. The molecule has 2 unspecified atom stereocenters. The minimum atomic E-state index is -0.678. The van der Waals surface area contributed by atoms with Crippen LogP contribution in [0, 0.1) is 12.8 Å². The van der Waals surface area contributed by atoms with Gasteiger partial charge in [0.05, 0.1) is 5.69 Å². The lowest BCUT2D eigenvalue weighted by atomic mass is 9.99. The number of anilines is 1. The number of piperidine rings is 1. The van der Waals surface area contributed by atoms with Crippen molar-refractivity contribution in [1.82, 2.24) is 25.3 Å². The zero-order valence-electron chi connectivity index (χ0n) is 16.8. The summed E-state index contributed by atoms with van der Waals surface area (Å²) in [5, 5.41) is 13.3. The van der Waals surface area contributed by atoms with Crippen molar-refractivity contribution in [3.05, 3.63) is 11.8 Å². The van der Waals surface area contributed by atoms with E-state index in [4.69, 9.17) is 0 Å². The zero-order chi connectivity index (χ0) is 20.3. The summed E-state index contributed by atoms with van der Waals surface area (Å²) >= 11 is 0. The molecule has 2 aliphatic heterocycles. The van der Waals surface area contributed by atoms with Gasteiger partial charge in [0.15, 0.2) is 6.29 Å². The maximum atomic E-state index is 12.5. The van der Waals surface area contributed by atoms with Crippen molar-refractivity contribution in [2.45, 2.75) is 65.2 Å². The first kappa shape index (κ1) is 20.3. The minimum absolute atomic E-state index is 0.0498. The predicted octanol–water partition coefficient (Wildman–Crippen LogP) is 1.12. The summed E-state index contributed by atoms with van der Waals surface area (Å²) in [5.74, 6) is -0.305. The van der Waals surface area contributed by atoms with Crippen molar-refractivity contribution >= 4 is 23.5 Å². The first-order chi connectivity index (χ1) is 13.4. The molecule has 2 atom stereocenters. The van der Waals surface area contributed by atoms with E-state index in [1.807, 2.05) is 0 Å². The summed E-state index contributed by atoms with van der Waals surface area (Å²) in [6.45, 7) is 7.23. The topological polar surface area (TPSA) is 108 Å². The van der Waals surface area contributed by atoms with Crippen molar-refractivity contribution < 1.29 is 14.4 Å². The summed E-state index contributed by atoms with van der Waals surface area (Å²) in [6.07, 6.45) is 3.51. The van der Waals surface area contributed by atoms with Crippen molar-refractivity contribution in [2.75, 3.05) is 18.4 Å². The molecule has 28 heavy (non-hydrogen) atoms. The lowest BCUT2D eigenvalue weighted by Gasteiger charge is -2.32. The second-order valence-corrected chi connectivity index (χ2v) is 7.87. The molecule has 0 radical (unpaired) electrons. The van der Waals surface area contributed by atoms with E-state index < -0.39 is 18.1 Å². The molecule has 0 aromatic carbocycles. The van der Waals surface area contributed by atoms with E-state index in [-0.39, 0.29) is 11.9 Å². The van der Waals surface area contributed by atoms with Crippen LogP contribution in [0.4, 0.5) is 5.82 Å². The number of aryl methyl sites for hydroxylation is 1. The second-order valence-electron chi connectivity index (χ2n) is 7.87. The number of carbonyl (C=O) groups excluding carboxylic acids is 3. The van der Waals surface area contributed by atoms with Gasteiger partial charge in [-0.3, -0.25) is 19.7 Å². The average molecular weight is 390 g/mol. The molecule has 9 nitrogen and oxygen atoms in total. The predicted molar refractivity (Wildman–Crippen MR) is 104 cm³/mol. The van der Waals surface area contributed by atoms with Gasteiger partial charge < -0.3 is 15.5 Å². The van der Waals surface area contributed by atoms with Gasteiger partial charge in [-0.15, -0.1) is 0 Å². The van der Waals surface area contributed by atoms with E-state index in [0.29, 0.717) is 36.9 Å². The molecule has 0 bridgehead atoms. The van der Waals surface area contributed by atoms with E-state index in [9.17, 15) is 14.4 Å². The number of amides is 3. The molecule has 0 saturated carbocycles. The van der Waals surface area contributed by atoms with Crippen LogP contribution in [0.15, 0.2) is 6.07 Å². The molecular weight excluding hydrogens is 360 g/mol.